The highest BCUT2D eigenvalue weighted by Crippen LogP contribution is 2.33. The maximum absolute atomic E-state index is 12.6. The van der Waals surface area contributed by atoms with Crippen molar-refractivity contribution in [1.29, 1.82) is 0 Å². The van der Waals surface area contributed by atoms with Gasteiger partial charge < -0.3 is 14.5 Å². The Bertz CT molecular complexity index is 955. The number of thiophene rings is 1. The predicted octanol–water partition coefficient (Wildman–Crippen LogP) is 3.06. The Morgan fingerprint density at radius 1 is 1.18 bits per heavy atom. The molecule has 1 aliphatic rings. The zero-order valence-corrected chi connectivity index (χ0v) is 15.8. The van der Waals surface area contributed by atoms with Gasteiger partial charge in [-0.2, -0.15) is 4.98 Å². The van der Waals surface area contributed by atoms with Gasteiger partial charge in [0.1, 0.15) is 0 Å². The molecule has 4 rings (SSSR count). The first-order chi connectivity index (χ1) is 13.6. The van der Waals surface area contributed by atoms with Crippen LogP contribution in [0.3, 0.4) is 0 Å². The van der Waals surface area contributed by atoms with Crippen molar-refractivity contribution < 1.29 is 19.2 Å². The average molecular weight is 397 g/mol. The number of likely N-dealkylation sites (tertiary alicyclic amines) is 1. The molecule has 2 aromatic heterocycles. The number of hydrogen-bond donors (Lipinski definition) is 1. The number of benzene rings is 1. The minimum atomic E-state index is -0.873. The van der Waals surface area contributed by atoms with Crippen LogP contribution in [-0.2, 0) is 16.0 Å². The Labute approximate surface area is 165 Å². The van der Waals surface area contributed by atoms with Crippen LogP contribution in [0.1, 0.15) is 23.8 Å². The van der Waals surface area contributed by atoms with Crippen LogP contribution in [0.5, 0.6) is 0 Å². The van der Waals surface area contributed by atoms with Crippen molar-refractivity contribution >= 4 is 23.2 Å². The minimum absolute atomic E-state index is 0.0967. The Morgan fingerprint density at radius 3 is 2.71 bits per heavy atom. The quantitative estimate of drug-likeness (QED) is 0.687. The van der Waals surface area contributed by atoms with Gasteiger partial charge in [0.25, 0.3) is 0 Å². The molecule has 2 atom stereocenters. The molecule has 0 radical (unpaired) electrons. The molecule has 0 spiro atoms. The van der Waals surface area contributed by atoms with Gasteiger partial charge in [0, 0.05) is 31.8 Å². The Balaban J connectivity index is 1.39. The summed E-state index contributed by atoms with van der Waals surface area (Å²) in [6.45, 7) is 0.627. The molecule has 1 fully saturated rings. The standard InChI is InChI=1S/C20H19N3O4S/c24-18(9-8-17-21-19(22-27-17)16-7-4-10-28-16)23-11-14(15(12-23)20(25)26)13-5-2-1-3-6-13/h1-7,10,14-15H,8-9,11-12H2,(H,25,26)/t14-,15-/m1/s1. The monoisotopic (exact) mass is 397 g/mol. The molecule has 3 heterocycles. The van der Waals surface area contributed by atoms with Gasteiger partial charge in [-0.1, -0.05) is 41.6 Å². The molecular formula is C20H19N3O4S. The van der Waals surface area contributed by atoms with Gasteiger partial charge in [-0.3, -0.25) is 9.59 Å². The van der Waals surface area contributed by atoms with Crippen LogP contribution in [-0.4, -0.2) is 45.1 Å². The van der Waals surface area contributed by atoms with Crippen molar-refractivity contribution in [3.63, 3.8) is 0 Å². The molecule has 0 aliphatic carbocycles. The highest BCUT2D eigenvalue weighted by atomic mass is 32.1. The summed E-state index contributed by atoms with van der Waals surface area (Å²) in [5, 5.41) is 15.5. The van der Waals surface area contributed by atoms with Crippen molar-refractivity contribution in [1.82, 2.24) is 15.0 Å². The lowest BCUT2D eigenvalue weighted by Crippen LogP contribution is -2.30. The molecule has 0 saturated carbocycles. The third-order valence-corrected chi connectivity index (χ3v) is 5.85. The summed E-state index contributed by atoms with van der Waals surface area (Å²) in [6.07, 6.45) is 0.543. The van der Waals surface area contributed by atoms with Crippen molar-refractivity contribution in [2.24, 2.45) is 5.92 Å². The number of amides is 1. The fourth-order valence-electron chi connectivity index (χ4n) is 3.53. The van der Waals surface area contributed by atoms with Crippen LogP contribution in [0, 0.1) is 5.92 Å². The van der Waals surface area contributed by atoms with Crippen LogP contribution in [0.4, 0.5) is 0 Å². The molecule has 1 aliphatic heterocycles. The van der Waals surface area contributed by atoms with Gasteiger partial charge in [-0.25, -0.2) is 0 Å². The second-order valence-corrected chi connectivity index (χ2v) is 7.70. The number of aromatic nitrogens is 2. The van der Waals surface area contributed by atoms with E-state index in [4.69, 9.17) is 4.52 Å². The predicted molar refractivity (Wildman–Crippen MR) is 103 cm³/mol. The van der Waals surface area contributed by atoms with Gasteiger partial charge in [0.05, 0.1) is 10.8 Å². The number of aliphatic carboxylic acids is 1. The summed E-state index contributed by atoms with van der Waals surface area (Å²) < 4.78 is 5.23. The van der Waals surface area contributed by atoms with E-state index in [1.807, 2.05) is 47.8 Å². The fraction of sp³-hybridized carbons (Fsp3) is 0.300. The fourth-order valence-corrected chi connectivity index (χ4v) is 4.18. The smallest absolute Gasteiger partial charge is 0.308 e. The number of carbonyl (C=O) groups is 2. The Hall–Kier alpha value is -3.00. The van der Waals surface area contributed by atoms with Gasteiger partial charge in [0.15, 0.2) is 0 Å². The van der Waals surface area contributed by atoms with Crippen LogP contribution < -0.4 is 0 Å². The van der Waals surface area contributed by atoms with Crippen molar-refractivity contribution in [2.75, 3.05) is 13.1 Å². The molecule has 7 nitrogen and oxygen atoms in total. The van der Waals surface area contributed by atoms with E-state index in [1.54, 1.807) is 4.90 Å². The van der Waals surface area contributed by atoms with E-state index in [0.29, 0.717) is 24.7 Å². The van der Waals surface area contributed by atoms with Crippen LogP contribution in [0.2, 0.25) is 0 Å². The molecule has 0 bridgehead atoms. The Morgan fingerprint density at radius 2 is 2.00 bits per heavy atom. The molecule has 1 aromatic carbocycles. The molecule has 1 N–H and O–H groups in total. The summed E-state index contributed by atoms with van der Waals surface area (Å²) in [5.41, 5.74) is 0.947. The summed E-state index contributed by atoms with van der Waals surface area (Å²) in [6, 6.07) is 13.3. The third-order valence-electron chi connectivity index (χ3n) is 4.98. The van der Waals surface area contributed by atoms with E-state index in [-0.39, 0.29) is 24.8 Å². The molecule has 144 valence electrons. The number of carbonyl (C=O) groups excluding carboxylic acids is 1. The largest absolute Gasteiger partial charge is 0.481 e. The van der Waals surface area contributed by atoms with Crippen molar-refractivity contribution in [3.05, 3.63) is 59.3 Å². The third kappa shape index (κ3) is 3.82. The normalized spacial score (nSPS) is 19.1. The van der Waals surface area contributed by atoms with E-state index < -0.39 is 11.9 Å². The molecule has 3 aromatic rings. The van der Waals surface area contributed by atoms with Crippen LogP contribution in [0.25, 0.3) is 10.7 Å². The first-order valence-electron chi connectivity index (χ1n) is 9.04. The lowest BCUT2D eigenvalue weighted by Gasteiger charge is -2.16. The van der Waals surface area contributed by atoms with Crippen LogP contribution in [0.15, 0.2) is 52.4 Å². The highest BCUT2D eigenvalue weighted by Gasteiger charge is 2.40. The SMILES string of the molecule is O=C(O)[C@@H]1CN(C(=O)CCc2nc(-c3cccs3)no2)C[C@@H]1c1ccccc1. The first kappa shape index (κ1) is 18.4. The van der Waals surface area contributed by atoms with E-state index in [1.165, 1.54) is 11.3 Å². The summed E-state index contributed by atoms with van der Waals surface area (Å²) >= 11 is 1.52. The van der Waals surface area contributed by atoms with Gasteiger partial charge >= 0.3 is 5.97 Å². The lowest BCUT2D eigenvalue weighted by molar-refractivity contribution is -0.141. The maximum Gasteiger partial charge on any atom is 0.308 e. The average Bonchev–Trinajstić information content (AvgIpc) is 3.46. The van der Waals surface area contributed by atoms with Crippen molar-refractivity contribution in [3.8, 4) is 10.7 Å². The summed E-state index contributed by atoms with van der Waals surface area (Å²) in [5.74, 6) is -0.835. The van der Waals surface area contributed by atoms with Gasteiger partial charge in [-0.15, -0.1) is 11.3 Å². The maximum atomic E-state index is 12.6. The molecule has 8 heteroatoms. The lowest BCUT2D eigenvalue weighted by atomic mass is 9.89. The van der Waals surface area contributed by atoms with Gasteiger partial charge in [0.2, 0.25) is 17.6 Å². The van der Waals surface area contributed by atoms with E-state index in [2.05, 4.69) is 10.1 Å². The number of carboxylic acid groups (broad SMARTS) is 1. The molecule has 1 amide bonds. The summed E-state index contributed by atoms with van der Waals surface area (Å²) in [4.78, 5) is 31.2. The molecular weight excluding hydrogens is 378 g/mol. The molecule has 28 heavy (non-hydrogen) atoms. The van der Waals surface area contributed by atoms with Crippen LogP contribution >= 0.6 is 11.3 Å². The molecule has 0 unspecified atom stereocenters. The number of carboxylic acids is 1. The Kier molecular flexibility index (Phi) is 5.21. The number of rotatable bonds is 6. The number of aryl methyl sites for hydroxylation is 1. The van der Waals surface area contributed by atoms with Gasteiger partial charge in [-0.05, 0) is 17.0 Å². The number of nitrogens with zero attached hydrogens (tertiary/aromatic N) is 3. The minimum Gasteiger partial charge on any atom is -0.481 e. The zero-order chi connectivity index (χ0) is 19.5. The highest BCUT2D eigenvalue weighted by molar-refractivity contribution is 7.13. The second-order valence-electron chi connectivity index (χ2n) is 6.75. The van der Waals surface area contributed by atoms with E-state index in [9.17, 15) is 14.7 Å². The first-order valence-corrected chi connectivity index (χ1v) is 9.92. The van der Waals surface area contributed by atoms with E-state index >= 15 is 0 Å². The van der Waals surface area contributed by atoms with Crippen molar-refractivity contribution in [2.45, 2.75) is 18.8 Å². The van der Waals surface area contributed by atoms with E-state index in [0.717, 1.165) is 10.4 Å². The molecule has 1 saturated heterocycles. The topological polar surface area (TPSA) is 96.5 Å². The zero-order valence-electron chi connectivity index (χ0n) is 15.0. The second kappa shape index (κ2) is 7.93. The summed E-state index contributed by atoms with van der Waals surface area (Å²) in [7, 11) is 0. The number of hydrogen-bond acceptors (Lipinski definition) is 6.